The first-order valence-corrected chi connectivity index (χ1v) is 7.80. The van der Waals surface area contributed by atoms with Gasteiger partial charge in [-0.05, 0) is 37.2 Å². The van der Waals surface area contributed by atoms with E-state index in [1.54, 1.807) is 7.11 Å². The van der Waals surface area contributed by atoms with Crippen molar-refractivity contribution in [3.63, 3.8) is 0 Å². The lowest BCUT2D eigenvalue weighted by atomic mass is 9.75. The Bertz CT molecular complexity index is 449. The van der Waals surface area contributed by atoms with Crippen molar-refractivity contribution < 1.29 is 9.53 Å². The Morgan fingerprint density at radius 2 is 2.05 bits per heavy atom. The van der Waals surface area contributed by atoms with Gasteiger partial charge in [0.25, 0.3) is 0 Å². The molecule has 0 spiro atoms. The molecule has 0 aliphatic heterocycles. The van der Waals surface area contributed by atoms with Gasteiger partial charge in [0, 0.05) is 12.7 Å². The molecular weight excluding hydrogens is 248 g/mol. The molecule has 0 N–H and O–H groups in total. The number of methoxy groups -OCH3 is 1. The summed E-state index contributed by atoms with van der Waals surface area (Å²) in [5.74, 6) is 0.724. The Morgan fingerprint density at radius 1 is 1.35 bits per heavy atom. The van der Waals surface area contributed by atoms with Gasteiger partial charge in [0.2, 0.25) is 0 Å². The Kier molecular flexibility index (Phi) is 4.98. The molecule has 0 radical (unpaired) electrons. The predicted molar refractivity (Wildman–Crippen MR) is 82.1 cm³/mol. The molecule has 1 saturated carbocycles. The number of hydrogen-bond acceptors (Lipinski definition) is 2. The summed E-state index contributed by atoms with van der Waals surface area (Å²) >= 11 is 0. The van der Waals surface area contributed by atoms with Crippen LogP contribution in [0.2, 0.25) is 0 Å². The fraction of sp³-hybridized carbons (Fsp3) is 0.611. The number of benzene rings is 1. The second-order valence-corrected chi connectivity index (χ2v) is 6.18. The molecule has 2 nitrogen and oxygen atoms in total. The lowest BCUT2D eigenvalue weighted by Crippen LogP contribution is -2.44. The van der Waals surface area contributed by atoms with E-state index in [9.17, 15) is 4.79 Å². The van der Waals surface area contributed by atoms with Gasteiger partial charge < -0.3 is 4.74 Å². The SMILES string of the molecule is CCCc1ccc(C(=O)C2(OC)CCCC(C)C2)cc1. The number of rotatable bonds is 5. The van der Waals surface area contributed by atoms with Gasteiger partial charge in [-0.3, -0.25) is 4.79 Å². The molecule has 2 rings (SSSR count). The lowest BCUT2D eigenvalue weighted by Gasteiger charge is -2.37. The first kappa shape index (κ1) is 15.2. The molecular formula is C18H26O2. The van der Waals surface area contributed by atoms with Crippen LogP contribution in [0.1, 0.15) is 61.9 Å². The molecule has 2 heteroatoms. The molecule has 20 heavy (non-hydrogen) atoms. The van der Waals surface area contributed by atoms with Crippen LogP contribution in [0, 0.1) is 5.92 Å². The average molecular weight is 274 g/mol. The number of ether oxygens (including phenoxy) is 1. The van der Waals surface area contributed by atoms with Gasteiger partial charge >= 0.3 is 0 Å². The summed E-state index contributed by atoms with van der Waals surface area (Å²) < 4.78 is 5.69. The third-order valence-electron chi connectivity index (χ3n) is 4.52. The zero-order chi connectivity index (χ0) is 14.6. The van der Waals surface area contributed by atoms with Crippen molar-refractivity contribution >= 4 is 5.78 Å². The third-order valence-corrected chi connectivity index (χ3v) is 4.52. The summed E-state index contributed by atoms with van der Waals surface area (Å²) in [4.78, 5) is 12.8. The number of aryl methyl sites for hydroxylation is 1. The van der Waals surface area contributed by atoms with Crippen LogP contribution in [0.25, 0.3) is 0 Å². The van der Waals surface area contributed by atoms with Crippen molar-refractivity contribution in [3.8, 4) is 0 Å². The predicted octanol–water partition coefficient (Wildman–Crippen LogP) is 4.42. The van der Waals surface area contributed by atoms with Crippen molar-refractivity contribution in [1.82, 2.24) is 0 Å². The van der Waals surface area contributed by atoms with Gasteiger partial charge in [-0.15, -0.1) is 0 Å². The Labute approximate surface area is 122 Å². The molecule has 0 amide bonds. The van der Waals surface area contributed by atoms with Crippen molar-refractivity contribution in [2.24, 2.45) is 5.92 Å². The second kappa shape index (κ2) is 6.53. The minimum atomic E-state index is -0.593. The Balaban J connectivity index is 2.19. The van der Waals surface area contributed by atoms with E-state index in [0.717, 1.165) is 37.7 Å². The fourth-order valence-electron chi connectivity index (χ4n) is 3.36. The minimum absolute atomic E-state index is 0.162. The highest BCUT2D eigenvalue weighted by atomic mass is 16.5. The van der Waals surface area contributed by atoms with E-state index in [-0.39, 0.29) is 5.78 Å². The molecule has 0 saturated heterocycles. The largest absolute Gasteiger partial charge is 0.370 e. The van der Waals surface area contributed by atoms with Crippen LogP contribution in [0.3, 0.4) is 0 Å². The van der Waals surface area contributed by atoms with E-state index < -0.39 is 5.60 Å². The van der Waals surface area contributed by atoms with Crippen molar-refractivity contribution in [3.05, 3.63) is 35.4 Å². The third kappa shape index (κ3) is 3.12. The molecule has 0 heterocycles. The molecule has 1 aliphatic carbocycles. The number of carbonyl (C=O) groups excluding carboxylic acids is 1. The normalized spacial score (nSPS) is 26.4. The zero-order valence-electron chi connectivity index (χ0n) is 12.9. The first-order chi connectivity index (χ1) is 9.61. The average Bonchev–Trinajstić information content (AvgIpc) is 2.47. The first-order valence-electron chi connectivity index (χ1n) is 7.80. The summed E-state index contributed by atoms with van der Waals surface area (Å²) in [6, 6.07) is 8.08. The van der Waals surface area contributed by atoms with Crippen LogP contribution < -0.4 is 0 Å². The van der Waals surface area contributed by atoms with Crippen LogP contribution in [-0.4, -0.2) is 18.5 Å². The van der Waals surface area contributed by atoms with Gasteiger partial charge in [0.15, 0.2) is 5.78 Å². The maximum atomic E-state index is 12.8. The topological polar surface area (TPSA) is 26.3 Å². The Morgan fingerprint density at radius 3 is 2.60 bits per heavy atom. The quantitative estimate of drug-likeness (QED) is 0.743. The summed E-state index contributed by atoms with van der Waals surface area (Å²) in [6.07, 6.45) is 6.18. The summed E-state index contributed by atoms with van der Waals surface area (Å²) in [5.41, 5.74) is 1.50. The summed E-state index contributed by atoms with van der Waals surface area (Å²) in [7, 11) is 1.68. The van der Waals surface area contributed by atoms with Crippen molar-refractivity contribution in [1.29, 1.82) is 0 Å². The zero-order valence-corrected chi connectivity index (χ0v) is 12.9. The molecule has 1 fully saturated rings. The molecule has 0 aromatic heterocycles. The van der Waals surface area contributed by atoms with E-state index >= 15 is 0 Å². The van der Waals surface area contributed by atoms with E-state index in [1.807, 2.05) is 12.1 Å². The van der Waals surface area contributed by atoms with Gasteiger partial charge in [0.05, 0.1) is 0 Å². The van der Waals surface area contributed by atoms with E-state index in [4.69, 9.17) is 4.74 Å². The molecule has 2 unspecified atom stereocenters. The van der Waals surface area contributed by atoms with Crippen LogP contribution in [-0.2, 0) is 11.2 Å². The molecule has 1 aromatic rings. The van der Waals surface area contributed by atoms with Crippen molar-refractivity contribution in [2.45, 2.75) is 58.0 Å². The number of Topliss-reactive ketones (excluding diaryl/α,β-unsaturated/α-hetero) is 1. The number of ketones is 1. The minimum Gasteiger partial charge on any atom is -0.370 e. The molecule has 1 aromatic carbocycles. The van der Waals surface area contributed by atoms with E-state index in [2.05, 4.69) is 26.0 Å². The van der Waals surface area contributed by atoms with Gasteiger partial charge in [0.1, 0.15) is 5.60 Å². The highest BCUT2D eigenvalue weighted by molar-refractivity contribution is 6.02. The highest BCUT2D eigenvalue weighted by Gasteiger charge is 2.42. The molecule has 2 atom stereocenters. The fourth-order valence-corrected chi connectivity index (χ4v) is 3.36. The van der Waals surface area contributed by atoms with E-state index in [0.29, 0.717) is 5.92 Å². The summed E-state index contributed by atoms with van der Waals surface area (Å²) in [6.45, 7) is 4.38. The van der Waals surface area contributed by atoms with Gasteiger partial charge in [-0.2, -0.15) is 0 Å². The van der Waals surface area contributed by atoms with E-state index in [1.165, 1.54) is 12.0 Å². The van der Waals surface area contributed by atoms with Gasteiger partial charge in [-0.25, -0.2) is 0 Å². The molecule has 0 bridgehead atoms. The van der Waals surface area contributed by atoms with Crippen LogP contribution >= 0.6 is 0 Å². The van der Waals surface area contributed by atoms with Gasteiger partial charge in [-0.1, -0.05) is 51.0 Å². The number of carbonyl (C=O) groups is 1. The lowest BCUT2D eigenvalue weighted by molar-refractivity contribution is -0.0302. The highest BCUT2D eigenvalue weighted by Crippen LogP contribution is 2.37. The standard InChI is InChI=1S/C18H26O2/c1-4-6-15-8-10-16(11-9-15)17(19)18(20-3)12-5-7-14(2)13-18/h8-11,14H,4-7,12-13H2,1-3H3. The van der Waals surface area contributed by atoms with Crippen LogP contribution in [0.15, 0.2) is 24.3 Å². The smallest absolute Gasteiger partial charge is 0.194 e. The number of hydrogen-bond donors (Lipinski definition) is 0. The maximum Gasteiger partial charge on any atom is 0.194 e. The monoisotopic (exact) mass is 274 g/mol. The van der Waals surface area contributed by atoms with Crippen molar-refractivity contribution in [2.75, 3.05) is 7.11 Å². The maximum absolute atomic E-state index is 12.8. The van der Waals surface area contributed by atoms with Crippen LogP contribution in [0.5, 0.6) is 0 Å². The summed E-state index contributed by atoms with van der Waals surface area (Å²) in [5, 5.41) is 0. The Hall–Kier alpha value is -1.15. The molecule has 110 valence electrons. The molecule has 1 aliphatic rings. The second-order valence-electron chi connectivity index (χ2n) is 6.18. The van der Waals surface area contributed by atoms with Crippen LogP contribution in [0.4, 0.5) is 0 Å².